The van der Waals surface area contributed by atoms with Crippen molar-refractivity contribution in [2.75, 3.05) is 6.61 Å². The zero-order chi connectivity index (χ0) is 12.6. The van der Waals surface area contributed by atoms with Crippen LogP contribution in [0, 0.1) is 0 Å². The van der Waals surface area contributed by atoms with Crippen molar-refractivity contribution in [1.82, 2.24) is 5.43 Å². The molecule has 1 atom stereocenters. The number of halogens is 3. The second kappa shape index (κ2) is 6.98. The van der Waals surface area contributed by atoms with E-state index in [2.05, 4.69) is 5.84 Å². The number of hydrogen-bond donors (Lipinski definition) is 5. The monoisotopic (exact) mass is 233 g/mol. The number of nitrogens with two attached hydrogens (primary N) is 2. The fourth-order valence-corrected chi connectivity index (χ4v) is 0.160. The molecular formula is C5H10F3N3O4. The molecule has 7 nitrogen and oxygen atoms in total. The van der Waals surface area contributed by atoms with Crippen molar-refractivity contribution < 1.29 is 33.0 Å². The van der Waals surface area contributed by atoms with Crippen LogP contribution in [-0.2, 0) is 9.59 Å². The normalized spacial score (nSPS) is 12.1. The lowest BCUT2D eigenvalue weighted by atomic mass is 10.3. The number of carbonyl (C=O) groups excluding carboxylic acids is 1. The predicted molar refractivity (Wildman–Crippen MR) is 41.1 cm³/mol. The summed E-state index contributed by atoms with van der Waals surface area (Å²) >= 11 is 0. The highest BCUT2D eigenvalue weighted by molar-refractivity contribution is 5.80. The van der Waals surface area contributed by atoms with Crippen molar-refractivity contribution in [3.63, 3.8) is 0 Å². The average molecular weight is 233 g/mol. The molecule has 0 fully saturated rings. The van der Waals surface area contributed by atoms with Gasteiger partial charge in [-0.3, -0.25) is 15.0 Å². The standard InChI is InChI=1S/C3H7NO3.C2H3F3N2O/c4-2(1-5)3(6)7;3-2(4,5)1(8)7-6/h2,5H,1,4H2,(H,6,7);6H2,(H,7,8)/t2-;/m0./s1. The Bertz CT molecular complexity index is 220. The van der Waals surface area contributed by atoms with Gasteiger partial charge in [0.1, 0.15) is 6.04 Å². The Morgan fingerprint density at radius 2 is 1.80 bits per heavy atom. The molecule has 0 radical (unpaired) electrons. The fraction of sp³-hybridized carbons (Fsp3) is 0.600. The van der Waals surface area contributed by atoms with E-state index in [1.54, 1.807) is 0 Å². The average Bonchev–Trinajstić information content (AvgIpc) is 2.14. The Labute approximate surface area is 81.8 Å². The summed E-state index contributed by atoms with van der Waals surface area (Å²) in [7, 11) is 0. The Morgan fingerprint density at radius 1 is 1.40 bits per heavy atom. The van der Waals surface area contributed by atoms with Crippen LogP contribution in [0.2, 0.25) is 0 Å². The number of aliphatic carboxylic acids is 1. The molecular weight excluding hydrogens is 223 g/mol. The van der Waals surface area contributed by atoms with E-state index >= 15 is 0 Å². The second-order valence-corrected chi connectivity index (χ2v) is 2.10. The van der Waals surface area contributed by atoms with E-state index in [1.807, 2.05) is 0 Å². The molecule has 0 aliphatic carbocycles. The number of aliphatic hydroxyl groups excluding tert-OH is 1. The third-order valence-electron chi connectivity index (χ3n) is 0.902. The molecule has 0 aromatic heterocycles. The topological polar surface area (TPSA) is 139 Å². The molecule has 0 bridgehead atoms. The van der Waals surface area contributed by atoms with Gasteiger partial charge in [0.15, 0.2) is 0 Å². The minimum Gasteiger partial charge on any atom is -0.480 e. The summed E-state index contributed by atoms with van der Waals surface area (Å²) in [5, 5.41) is 15.9. The van der Waals surface area contributed by atoms with E-state index in [4.69, 9.17) is 15.9 Å². The van der Waals surface area contributed by atoms with E-state index in [1.165, 1.54) is 0 Å². The van der Waals surface area contributed by atoms with Crippen LogP contribution in [0.15, 0.2) is 0 Å². The number of nitrogens with one attached hydrogen (secondary N) is 1. The summed E-state index contributed by atoms with van der Waals surface area (Å²) < 4.78 is 32.9. The molecule has 90 valence electrons. The SMILES string of the molecule is NNC(=O)C(F)(F)F.N[C@@H](CO)C(=O)O. The first-order valence-corrected chi connectivity index (χ1v) is 3.33. The van der Waals surface area contributed by atoms with Gasteiger partial charge in [-0.25, -0.2) is 5.84 Å². The number of carbonyl (C=O) groups is 2. The molecule has 1 amide bonds. The van der Waals surface area contributed by atoms with E-state index in [0.717, 1.165) is 5.43 Å². The molecule has 7 N–H and O–H groups in total. The van der Waals surface area contributed by atoms with Crippen molar-refractivity contribution in [1.29, 1.82) is 0 Å². The zero-order valence-electron chi connectivity index (χ0n) is 7.28. The lowest BCUT2D eigenvalue weighted by Crippen LogP contribution is -2.40. The van der Waals surface area contributed by atoms with Crippen molar-refractivity contribution >= 4 is 11.9 Å². The predicted octanol–water partition coefficient (Wildman–Crippen LogP) is -2.07. The summed E-state index contributed by atoms with van der Waals surface area (Å²) in [5.41, 5.74) is 5.71. The number of carboxylic acid groups (broad SMARTS) is 1. The summed E-state index contributed by atoms with van der Waals surface area (Å²) in [6.07, 6.45) is -4.87. The maximum absolute atomic E-state index is 11.0. The smallest absolute Gasteiger partial charge is 0.472 e. The molecule has 0 heterocycles. The molecule has 0 saturated heterocycles. The number of amides is 1. The van der Waals surface area contributed by atoms with Gasteiger partial charge in [0, 0.05) is 0 Å². The highest BCUT2D eigenvalue weighted by atomic mass is 19.4. The van der Waals surface area contributed by atoms with Crippen molar-refractivity contribution in [3.05, 3.63) is 0 Å². The van der Waals surface area contributed by atoms with Gasteiger partial charge in [-0.1, -0.05) is 0 Å². The molecule has 0 spiro atoms. The number of alkyl halides is 3. The summed E-state index contributed by atoms with van der Waals surface area (Å²) in [6, 6.07) is -1.13. The molecule has 0 aliphatic rings. The second-order valence-electron chi connectivity index (χ2n) is 2.10. The number of carboxylic acids is 1. The Hall–Kier alpha value is -1.39. The van der Waals surface area contributed by atoms with E-state index in [9.17, 15) is 22.8 Å². The summed E-state index contributed by atoms with van der Waals surface area (Å²) in [5.74, 6) is 0.819. The van der Waals surface area contributed by atoms with Crippen LogP contribution in [0.4, 0.5) is 13.2 Å². The molecule has 0 unspecified atom stereocenters. The Kier molecular flexibility index (Phi) is 7.47. The third kappa shape index (κ3) is 8.93. The van der Waals surface area contributed by atoms with E-state index in [-0.39, 0.29) is 0 Å². The highest BCUT2D eigenvalue weighted by Crippen LogP contribution is 2.12. The van der Waals surface area contributed by atoms with Gasteiger partial charge in [0.25, 0.3) is 0 Å². The number of hydrogen-bond acceptors (Lipinski definition) is 5. The number of hydrazine groups is 1. The van der Waals surface area contributed by atoms with Gasteiger partial charge >= 0.3 is 18.1 Å². The van der Waals surface area contributed by atoms with Gasteiger partial charge in [-0.15, -0.1) is 0 Å². The van der Waals surface area contributed by atoms with Crippen molar-refractivity contribution in [3.8, 4) is 0 Å². The first-order valence-electron chi connectivity index (χ1n) is 3.33. The molecule has 0 saturated carbocycles. The quantitative estimate of drug-likeness (QED) is 0.211. The Morgan fingerprint density at radius 3 is 1.80 bits per heavy atom. The highest BCUT2D eigenvalue weighted by Gasteiger charge is 2.37. The van der Waals surface area contributed by atoms with Gasteiger partial charge in [0.05, 0.1) is 6.61 Å². The van der Waals surface area contributed by atoms with Crippen molar-refractivity contribution in [2.45, 2.75) is 12.2 Å². The minimum atomic E-state index is -4.87. The zero-order valence-corrected chi connectivity index (χ0v) is 7.28. The lowest BCUT2D eigenvalue weighted by molar-refractivity contribution is -0.173. The summed E-state index contributed by atoms with van der Waals surface area (Å²) in [6.45, 7) is -0.505. The molecule has 10 heteroatoms. The van der Waals surface area contributed by atoms with Crippen LogP contribution < -0.4 is 17.0 Å². The first kappa shape index (κ1) is 16.1. The molecule has 15 heavy (non-hydrogen) atoms. The fourth-order valence-electron chi connectivity index (χ4n) is 0.160. The lowest BCUT2D eigenvalue weighted by Gasteiger charge is -2.00. The van der Waals surface area contributed by atoms with Gasteiger partial charge in [-0.2, -0.15) is 13.2 Å². The van der Waals surface area contributed by atoms with Crippen LogP contribution in [0.25, 0.3) is 0 Å². The van der Waals surface area contributed by atoms with Crippen molar-refractivity contribution in [2.24, 2.45) is 11.6 Å². The Balaban J connectivity index is 0. The number of aliphatic hydroxyl groups is 1. The van der Waals surface area contributed by atoms with Crippen LogP contribution >= 0.6 is 0 Å². The van der Waals surface area contributed by atoms with Crippen LogP contribution in [0.3, 0.4) is 0 Å². The summed E-state index contributed by atoms with van der Waals surface area (Å²) in [4.78, 5) is 19.1. The maximum Gasteiger partial charge on any atom is 0.472 e. The third-order valence-corrected chi connectivity index (χ3v) is 0.902. The van der Waals surface area contributed by atoms with E-state index < -0.39 is 30.7 Å². The van der Waals surface area contributed by atoms with Crippen LogP contribution in [-0.4, -0.2) is 40.9 Å². The van der Waals surface area contributed by atoms with Gasteiger partial charge < -0.3 is 15.9 Å². The maximum atomic E-state index is 11.0. The molecule has 0 aliphatic heterocycles. The van der Waals surface area contributed by atoms with Gasteiger partial charge in [-0.05, 0) is 0 Å². The van der Waals surface area contributed by atoms with Crippen LogP contribution in [0.1, 0.15) is 0 Å². The molecule has 0 aromatic rings. The first-order chi connectivity index (χ1) is 6.66. The largest absolute Gasteiger partial charge is 0.480 e. The minimum absolute atomic E-state index is 0.505. The molecule has 0 rings (SSSR count). The van der Waals surface area contributed by atoms with E-state index in [0.29, 0.717) is 0 Å². The van der Waals surface area contributed by atoms with Gasteiger partial charge in [0.2, 0.25) is 0 Å². The molecule has 0 aromatic carbocycles. The van der Waals surface area contributed by atoms with Crippen LogP contribution in [0.5, 0.6) is 0 Å². The number of rotatable bonds is 2.